The van der Waals surface area contributed by atoms with Crippen LogP contribution >= 0.6 is 11.8 Å². The highest BCUT2D eigenvalue weighted by Gasteiger charge is 2.35. The van der Waals surface area contributed by atoms with Gasteiger partial charge < -0.3 is 4.90 Å². The van der Waals surface area contributed by atoms with Gasteiger partial charge in [0.1, 0.15) is 0 Å². The molecule has 0 aromatic heterocycles. The van der Waals surface area contributed by atoms with Crippen LogP contribution in [0.4, 0.5) is 4.79 Å². The number of nitrogens with one attached hydrogen (secondary N) is 1. The fourth-order valence-corrected chi connectivity index (χ4v) is 5.02. The van der Waals surface area contributed by atoms with Crippen LogP contribution in [0.3, 0.4) is 0 Å². The first-order chi connectivity index (χ1) is 12.6. The number of nitrogens with zero attached hydrogens (tertiary/aromatic N) is 1. The molecule has 0 unspecified atom stereocenters. The zero-order chi connectivity index (χ0) is 18.1. The molecule has 1 N–H and O–H groups in total. The van der Waals surface area contributed by atoms with E-state index < -0.39 is 0 Å². The second-order valence-electron chi connectivity index (χ2n) is 7.23. The fraction of sp³-hybridized carbons (Fsp3) is 0.450. The van der Waals surface area contributed by atoms with E-state index in [-0.39, 0.29) is 17.1 Å². The third-order valence-electron chi connectivity index (χ3n) is 5.60. The highest BCUT2D eigenvalue weighted by Crippen LogP contribution is 2.36. The van der Waals surface area contributed by atoms with Gasteiger partial charge in [-0.2, -0.15) is 0 Å². The molecule has 6 heteroatoms. The van der Waals surface area contributed by atoms with Gasteiger partial charge >= 0.3 is 0 Å². The number of amides is 3. The predicted octanol–water partition coefficient (Wildman–Crippen LogP) is 3.81. The van der Waals surface area contributed by atoms with E-state index in [2.05, 4.69) is 10.2 Å². The number of carbonyl (C=O) groups is 3. The molecule has 0 bridgehead atoms. The van der Waals surface area contributed by atoms with Crippen LogP contribution in [0.25, 0.3) is 6.08 Å². The molecular formula is C20H22N2O3S. The molecule has 1 aromatic carbocycles. The zero-order valence-corrected chi connectivity index (χ0v) is 15.4. The monoisotopic (exact) mass is 370 g/mol. The molecule has 136 valence electrons. The van der Waals surface area contributed by atoms with Gasteiger partial charge in [0.05, 0.1) is 4.91 Å². The second kappa shape index (κ2) is 7.27. The molecule has 2 heterocycles. The Labute approximate surface area is 157 Å². The van der Waals surface area contributed by atoms with Crippen molar-refractivity contribution in [2.45, 2.75) is 44.6 Å². The number of fused-ring (bicyclic) bond motifs is 1. The van der Waals surface area contributed by atoms with Gasteiger partial charge in [0.25, 0.3) is 17.1 Å². The lowest BCUT2D eigenvalue weighted by Crippen LogP contribution is -2.49. The molecule has 3 aliphatic rings. The molecule has 0 radical (unpaired) electrons. The lowest BCUT2D eigenvalue weighted by Gasteiger charge is -2.44. The number of benzene rings is 1. The molecule has 1 aliphatic carbocycles. The maximum Gasteiger partial charge on any atom is 0.290 e. The smallest absolute Gasteiger partial charge is 0.290 e. The van der Waals surface area contributed by atoms with E-state index in [1.54, 1.807) is 6.08 Å². The van der Waals surface area contributed by atoms with Gasteiger partial charge in [-0.15, -0.1) is 0 Å². The quantitative estimate of drug-likeness (QED) is 0.804. The number of thioether (sulfide) groups is 1. The summed E-state index contributed by atoms with van der Waals surface area (Å²) in [5, 5.41) is 1.90. The van der Waals surface area contributed by atoms with Crippen molar-refractivity contribution in [2.24, 2.45) is 5.92 Å². The molecule has 2 aliphatic heterocycles. The number of piperidine rings is 1. The summed E-state index contributed by atoms with van der Waals surface area (Å²) >= 11 is 0.900. The van der Waals surface area contributed by atoms with Crippen molar-refractivity contribution in [3.8, 4) is 0 Å². The molecule has 5 nitrogen and oxygen atoms in total. The summed E-state index contributed by atoms with van der Waals surface area (Å²) in [5.74, 6) is 0.418. The Morgan fingerprint density at radius 3 is 2.54 bits per heavy atom. The minimum Gasteiger partial charge on any atom is -0.335 e. The number of carbonyl (C=O) groups excluding carboxylic acids is 3. The topological polar surface area (TPSA) is 66.5 Å². The molecular weight excluding hydrogens is 348 g/mol. The van der Waals surface area contributed by atoms with E-state index in [1.165, 1.54) is 25.7 Å². The Balaban J connectivity index is 1.49. The molecule has 3 amide bonds. The molecule has 3 fully saturated rings. The normalized spacial score (nSPS) is 27.4. The summed E-state index contributed by atoms with van der Waals surface area (Å²) in [6, 6.07) is 7.70. The van der Waals surface area contributed by atoms with Gasteiger partial charge in [-0.25, -0.2) is 0 Å². The first-order valence-electron chi connectivity index (χ1n) is 9.28. The van der Waals surface area contributed by atoms with E-state index in [0.717, 1.165) is 36.7 Å². The van der Waals surface area contributed by atoms with Crippen molar-refractivity contribution in [3.63, 3.8) is 0 Å². The first kappa shape index (κ1) is 17.3. The van der Waals surface area contributed by atoms with Crippen LogP contribution in [0.2, 0.25) is 0 Å². The second-order valence-corrected chi connectivity index (χ2v) is 8.24. The van der Waals surface area contributed by atoms with Crippen molar-refractivity contribution in [1.29, 1.82) is 0 Å². The summed E-state index contributed by atoms with van der Waals surface area (Å²) in [5.41, 5.74) is 1.50. The van der Waals surface area contributed by atoms with Gasteiger partial charge in [0.2, 0.25) is 0 Å². The van der Waals surface area contributed by atoms with Gasteiger partial charge in [-0.1, -0.05) is 25.0 Å². The van der Waals surface area contributed by atoms with Crippen LogP contribution in [0, 0.1) is 5.92 Å². The van der Waals surface area contributed by atoms with Crippen LogP contribution in [0.5, 0.6) is 0 Å². The zero-order valence-electron chi connectivity index (χ0n) is 14.6. The number of likely N-dealkylation sites (tertiary alicyclic amines) is 1. The molecule has 0 spiro atoms. The maximum atomic E-state index is 13.0. The molecule has 2 atom stereocenters. The Kier molecular flexibility index (Phi) is 4.85. The number of rotatable bonds is 2. The number of hydrogen-bond acceptors (Lipinski definition) is 4. The standard InChI is InChI=1S/C20H22N2O3S/c23-18-17(26-20(25)21-18)12-13-7-9-15(10-8-13)19(24)22-11-3-5-14-4-1-2-6-16(14)22/h7-10,12,14,16H,1-6,11H2,(H,21,23,25)/b17-12-/t14-,16+/m0/s1. The molecule has 4 rings (SSSR count). The van der Waals surface area contributed by atoms with Crippen LogP contribution < -0.4 is 5.32 Å². The molecule has 1 aromatic rings. The highest BCUT2D eigenvalue weighted by molar-refractivity contribution is 8.18. The van der Waals surface area contributed by atoms with E-state index in [1.807, 2.05) is 24.3 Å². The van der Waals surface area contributed by atoms with Crippen molar-refractivity contribution in [3.05, 3.63) is 40.3 Å². The van der Waals surface area contributed by atoms with Gasteiger partial charge in [-0.05, 0) is 67.1 Å². The van der Waals surface area contributed by atoms with Gasteiger partial charge in [0, 0.05) is 18.2 Å². The third kappa shape index (κ3) is 3.43. The summed E-state index contributed by atoms with van der Waals surface area (Å²) in [6.45, 7) is 0.852. The van der Waals surface area contributed by atoms with Crippen molar-refractivity contribution in [2.75, 3.05) is 6.54 Å². The predicted molar refractivity (Wildman–Crippen MR) is 102 cm³/mol. The Morgan fingerprint density at radius 2 is 1.81 bits per heavy atom. The average molecular weight is 370 g/mol. The molecule has 2 saturated heterocycles. The minimum absolute atomic E-state index is 0.115. The Hall–Kier alpha value is -2.08. The first-order valence-corrected chi connectivity index (χ1v) is 10.1. The van der Waals surface area contributed by atoms with Crippen LogP contribution in [-0.2, 0) is 4.79 Å². The highest BCUT2D eigenvalue weighted by atomic mass is 32.2. The van der Waals surface area contributed by atoms with Gasteiger partial charge in [-0.3, -0.25) is 19.7 Å². The summed E-state index contributed by atoms with van der Waals surface area (Å²) < 4.78 is 0. The third-order valence-corrected chi connectivity index (χ3v) is 6.41. The van der Waals surface area contributed by atoms with E-state index in [9.17, 15) is 14.4 Å². The SMILES string of the molecule is O=C1NC(=O)/C(=C/c2ccc(C(=O)N3CCC[C@@H]4CCCC[C@H]43)cc2)S1. The lowest BCUT2D eigenvalue weighted by atomic mass is 9.78. The Morgan fingerprint density at radius 1 is 1.08 bits per heavy atom. The minimum atomic E-state index is -0.364. The summed E-state index contributed by atoms with van der Waals surface area (Å²) in [4.78, 5) is 38.3. The average Bonchev–Trinajstić information content (AvgIpc) is 2.98. The maximum absolute atomic E-state index is 13.0. The van der Waals surface area contributed by atoms with E-state index in [4.69, 9.17) is 0 Å². The van der Waals surface area contributed by atoms with E-state index >= 15 is 0 Å². The van der Waals surface area contributed by atoms with Crippen molar-refractivity contribution >= 4 is 34.9 Å². The Bertz CT molecular complexity index is 770. The van der Waals surface area contributed by atoms with Crippen molar-refractivity contribution < 1.29 is 14.4 Å². The van der Waals surface area contributed by atoms with Crippen LogP contribution in [0.1, 0.15) is 54.4 Å². The van der Waals surface area contributed by atoms with Crippen LogP contribution in [0.15, 0.2) is 29.2 Å². The molecule has 1 saturated carbocycles. The summed E-state index contributed by atoms with van der Waals surface area (Å²) in [6.07, 6.45) is 8.91. The number of hydrogen-bond donors (Lipinski definition) is 1. The van der Waals surface area contributed by atoms with Gasteiger partial charge in [0.15, 0.2) is 0 Å². The lowest BCUT2D eigenvalue weighted by molar-refractivity contribution is -0.115. The number of imide groups is 1. The van der Waals surface area contributed by atoms with Crippen LogP contribution in [-0.4, -0.2) is 34.5 Å². The summed E-state index contributed by atoms with van der Waals surface area (Å²) in [7, 11) is 0. The fourth-order valence-electron chi connectivity index (χ4n) is 4.34. The van der Waals surface area contributed by atoms with Crippen molar-refractivity contribution in [1.82, 2.24) is 10.2 Å². The van der Waals surface area contributed by atoms with E-state index in [0.29, 0.717) is 22.4 Å². The molecule has 26 heavy (non-hydrogen) atoms. The largest absolute Gasteiger partial charge is 0.335 e.